The fourth-order valence-electron chi connectivity index (χ4n) is 3.18. The Labute approximate surface area is 186 Å². The molecule has 30 heavy (non-hydrogen) atoms. The number of rotatable bonds is 5. The maximum atomic E-state index is 12.5. The number of thiophene rings is 1. The van der Waals surface area contributed by atoms with Crippen LogP contribution in [0.2, 0.25) is 5.02 Å². The molecule has 8 nitrogen and oxygen atoms in total. The van der Waals surface area contributed by atoms with Crippen molar-refractivity contribution in [1.82, 2.24) is 5.32 Å². The van der Waals surface area contributed by atoms with Gasteiger partial charge in [-0.05, 0) is 62.5 Å². The second-order valence-electron chi connectivity index (χ2n) is 6.47. The Hall–Kier alpha value is -2.56. The number of benzene rings is 1. The first-order chi connectivity index (χ1) is 14.3. The van der Waals surface area contributed by atoms with Gasteiger partial charge in [0.2, 0.25) is 0 Å². The number of esters is 1. The predicted molar refractivity (Wildman–Crippen MR) is 119 cm³/mol. The van der Waals surface area contributed by atoms with Crippen LogP contribution in [0.3, 0.4) is 0 Å². The molecule has 0 aliphatic heterocycles. The van der Waals surface area contributed by atoms with Gasteiger partial charge in [0.25, 0.3) is 11.6 Å². The van der Waals surface area contributed by atoms with Crippen molar-refractivity contribution < 1.29 is 19.2 Å². The van der Waals surface area contributed by atoms with Crippen LogP contribution < -0.4 is 10.6 Å². The van der Waals surface area contributed by atoms with Crippen molar-refractivity contribution in [3.05, 3.63) is 54.9 Å². The summed E-state index contributed by atoms with van der Waals surface area (Å²) < 4.78 is 5.19. The number of nitro groups is 1. The van der Waals surface area contributed by atoms with Crippen LogP contribution >= 0.6 is 35.2 Å². The highest BCUT2D eigenvalue weighted by atomic mass is 35.5. The standard InChI is InChI=1S/C19H18ClN3O5S2/c1-2-28-18(25)15-11-5-3-4-6-14(11)30-17(15)22-19(29)21-16(24)10-7-8-12(20)13(9-10)23(26)27/h7-9H,2-6H2,1H3,(H2,21,22,24,29). The molecule has 1 aliphatic carbocycles. The summed E-state index contributed by atoms with van der Waals surface area (Å²) in [5.41, 5.74) is 1.08. The number of carbonyl (C=O) groups is 2. The van der Waals surface area contributed by atoms with Gasteiger partial charge in [-0.25, -0.2) is 4.79 Å². The lowest BCUT2D eigenvalue weighted by Gasteiger charge is -2.13. The summed E-state index contributed by atoms with van der Waals surface area (Å²) >= 11 is 12.4. The quantitative estimate of drug-likeness (QED) is 0.288. The summed E-state index contributed by atoms with van der Waals surface area (Å²) in [5.74, 6) is -1.06. The Balaban J connectivity index is 1.79. The van der Waals surface area contributed by atoms with Crippen LogP contribution in [0.5, 0.6) is 0 Å². The molecule has 1 heterocycles. The number of nitro benzene ring substituents is 1. The molecule has 11 heteroatoms. The Morgan fingerprint density at radius 2 is 2.07 bits per heavy atom. The molecule has 1 aromatic carbocycles. The Morgan fingerprint density at radius 1 is 1.33 bits per heavy atom. The number of ether oxygens (including phenoxy) is 1. The van der Waals surface area contributed by atoms with Crippen LogP contribution in [0.4, 0.5) is 10.7 Å². The first-order valence-corrected chi connectivity index (χ1v) is 10.8. The maximum absolute atomic E-state index is 12.5. The van der Waals surface area contributed by atoms with Crippen LogP contribution in [-0.4, -0.2) is 28.5 Å². The summed E-state index contributed by atoms with van der Waals surface area (Å²) in [6.45, 7) is 1.99. The highest BCUT2D eigenvalue weighted by Crippen LogP contribution is 2.38. The van der Waals surface area contributed by atoms with E-state index in [2.05, 4.69) is 10.6 Å². The van der Waals surface area contributed by atoms with Gasteiger partial charge in [0.15, 0.2) is 5.11 Å². The van der Waals surface area contributed by atoms with E-state index < -0.39 is 16.8 Å². The highest BCUT2D eigenvalue weighted by Gasteiger charge is 2.27. The Morgan fingerprint density at radius 3 is 2.77 bits per heavy atom. The number of thiocarbonyl (C=S) groups is 1. The zero-order valence-corrected chi connectivity index (χ0v) is 18.3. The molecule has 1 amide bonds. The normalized spacial score (nSPS) is 12.6. The molecule has 0 unspecified atom stereocenters. The van der Waals surface area contributed by atoms with Crippen LogP contribution in [0.25, 0.3) is 0 Å². The number of halogens is 1. The number of aryl methyl sites for hydroxylation is 1. The van der Waals surface area contributed by atoms with Gasteiger partial charge >= 0.3 is 5.97 Å². The van der Waals surface area contributed by atoms with Crippen LogP contribution in [0, 0.1) is 10.1 Å². The van der Waals surface area contributed by atoms with Gasteiger partial charge in [0, 0.05) is 16.5 Å². The largest absolute Gasteiger partial charge is 0.462 e. The molecule has 158 valence electrons. The number of hydrogen-bond acceptors (Lipinski definition) is 7. The molecule has 1 aromatic heterocycles. The van der Waals surface area contributed by atoms with Crippen molar-refractivity contribution >= 4 is 62.8 Å². The molecular formula is C19H18ClN3O5S2. The molecule has 0 bridgehead atoms. The molecule has 0 atom stereocenters. The smallest absolute Gasteiger partial charge is 0.341 e. The third-order valence-electron chi connectivity index (χ3n) is 4.51. The van der Waals surface area contributed by atoms with Gasteiger partial charge in [-0.2, -0.15) is 0 Å². The monoisotopic (exact) mass is 467 g/mol. The van der Waals surface area contributed by atoms with Crippen LogP contribution in [-0.2, 0) is 17.6 Å². The lowest BCUT2D eigenvalue weighted by atomic mass is 9.95. The lowest BCUT2D eigenvalue weighted by Crippen LogP contribution is -2.34. The third-order valence-corrected chi connectivity index (χ3v) is 6.24. The second-order valence-corrected chi connectivity index (χ2v) is 8.39. The molecule has 0 radical (unpaired) electrons. The van der Waals surface area contributed by atoms with Gasteiger partial charge < -0.3 is 10.1 Å². The van der Waals surface area contributed by atoms with E-state index in [4.69, 9.17) is 28.6 Å². The van der Waals surface area contributed by atoms with E-state index in [9.17, 15) is 19.7 Å². The molecule has 0 saturated heterocycles. The number of hydrogen-bond donors (Lipinski definition) is 2. The van der Waals surface area contributed by atoms with Crippen molar-refractivity contribution in [2.75, 3.05) is 11.9 Å². The molecule has 3 rings (SSSR count). The molecule has 0 fully saturated rings. The number of fused-ring (bicyclic) bond motifs is 1. The van der Waals surface area contributed by atoms with E-state index in [1.165, 1.54) is 23.5 Å². The lowest BCUT2D eigenvalue weighted by molar-refractivity contribution is -0.384. The van der Waals surface area contributed by atoms with Gasteiger partial charge in [0.1, 0.15) is 10.0 Å². The average Bonchev–Trinajstić information content (AvgIpc) is 3.05. The number of nitrogens with one attached hydrogen (secondary N) is 2. The molecule has 2 aromatic rings. The second kappa shape index (κ2) is 9.50. The van der Waals surface area contributed by atoms with Crippen LogP contribution in [0.1, 0.15) is 50.9 Å². The SMILES string of the molecule is CCOC(=O)c1c(NC(=S)NC(=O)c2ccc(Cl)c([N+](=O)[O-])c2)sc2c1CCCC2. The Bertz CT molecular complexity index is 1040. The number of carbonyl (C=O) groups excluding carboxylic acids is 2. The van der Waals surface area contributed by atoms with Crippen molar-refractivity contribution in [3.63, 3.8) is 0 Å². The van der Waals surface area contributed by atoms with Crippen LogP contribution in [0.15, 0.2) is 18.2 Å². The van der Waals surface area contributed by atoms with Crippen molar-refractivity contribution in [1.29, 1.82) is 0 Å². The summed E-state index contributed by atoms with van der Waals surface area (Å²) in [5, 5.41) is 16.8. The Kier molecular flexibility index (Phi) is 7.01. The van der Waals surface area contributed by atoms with Crippen molar-refractivity contribution in [2.24, 2.45) is 0 Å². The maximum Gasteiger partial charge on any atom is 0.341 e. The van der Waals surface area contributed by atoms with E-state index in [0.717, 1.165) is 42.2 Å². The fraction of sp³-hybridized carbons (Fsp3) is 0.316. The average molecular weight is 468 g/mol. The zero-order valence-electron chi connectivity index (χ0n) is 16.0. The minimum atomic E-state index is -0.669. The summed E-state index contributed by atoms with van der Waals surface area (Å²) in [7, 11) is 0. The summed E-state index contributed by atoms with van der Waals surface area (Å²) in [6.07, 6.45) is 3.70. The highest BCUT2D eigenvalue weighted by molar-refractivity contribution is 7.80. The number of anilines is 1. The summed E-state index contributed by atoms with van der Waals surface area (Å²) in [4.78, 5) is 36.4. The van der Waals surface area contributed by atoms with E-state index in [1.54, 1.807) is 6.92 Å². The van der Waals surface area contributed by atoms with Gasteiger partial charge in [-0.1, -0.05) is 11.6 Å². The van der Waals surface area contributed by atoms with E-state index in [1.807, 2.05) is 0 Å². The molecule has 2 N–H and O–H groups in total. The molecule has 0 spiro atoms. The minimum Gasteiger partial charge on any atom is -0.462 e. The number of nitrogens with zero attached hydrogens (tertiary/aromatic N) is 1. The molecule has 1 aliphatic rings. The first-order valence-electron chi connectivity index (χ1n) is 9.19. The predicted octanol–water partition coefficient (Wildman–Crippen LogP) is 4.49. The first kappa shape index (κ1) is 22.1. The van der Waals surface area contributed by atoms with E-state index >= 15 is 0 Å². The van der Waals surface area contributed by atoms with Gasteiger partial charge in [-0.3, -0.25) is 20.2 Å². The van der Waals surface area contributed by atoms with E-state index in [-0.39, 0.29) is 28.0 Å². The zero-order chi connectivity index (χ0) is 21.8. The topological polar surface area (TPSA) is 111 Å². The number of amides is 1. The van der Waals surface area contributed by atoms with Gasteiger partial charge in [0.05, 0.1) is 17.1 Å². The van der Waals surface area contributed by atoms with Crippen molar-refractivity contribution in [3.8, 4) is 0 Å². The molecular weight excluding hydrogens is 450 g/mol. The third kappa shape index (κ3) is 4.77. The van der Waals surface area contributed by atoms with E-state index in [0.29, 0.717) is 10.6 Å². The van der Waals surface area contributed by atoms with Crippen molar-refractivity contribution in [2.45, 2.75) is 32.6 Å². The molecule has 0 saturated carbocycles. The minimum absolute atomic E-state index is 0.0262. The summed E-state index contributed by atoms with van der Waals surface area (Å²) in [6, 6.07) is 3.71. The van der Waals surface area contributed by atoms with Gasteiger partial charge in [-0.15, -0.1) is 11.3 Å². The fourth-order valence-corrected chi connectivity index (χ4v) is 4.90.